The predicted molar refractivity (Wildman–Crippen MR) is 112 cm³/mol. The first-order valence-corrected chi connectivity index (χ1v) is 11.2. The summed E-state index contributed by atoms with van der Waals surface area (Å²) in [5.41, 5.74) is 0.657. The van der Waals surface area contributed by atoms with Crippen LogP contribution in [-0.4, -0.2) is 42.2 Å². The molecule has 3 heterocycles. The first-order chi connectivity index (χ1) is 14.5. The van der Waals surface area contributed by atoms with Crippen molar-refractivity contribution in [3.63, 3.8) is 0 Å². The van der Waals surface area contributed by atoms with Crippen LogP contribution in [0, 0.1) is 5.92 Å². The van der Waals surface area contributed by atoms with E-state index in [1.54, 1.807) is 12.3 Å². The lowest BCUT2D eigenvalue weighted by Gasteiger charge is -2.06. The molecule has 0 bridgehead atoms. The number of nitrogens with zero attached hydrogens (tertiary/aromatic N) is 6. The molecular weight excluding hydrogens is 424 g/mol. The van der Waals surface area contributed by atoms with E-state index in [4.69, 9.17) is 0 Å². The van der Waals surface area contributed by atoms with Gasteiger partial charge in [-0.1, -0.05) is 22.7 Å². The summed E-state index contributed by atoms with van der Waals surface area (Å²) in [7, 11) is 0. The van der Waals surface area contributed by atoms with E-state index < -0.39 is 0 Å². The number of aromatic nitrogens is 6. The molecule has 3 aromatic rings. The summed E-state index contributed by atoms with van der Waals surface area (Å²) in [4.78, 5) is 31.2. The van der Waals surface area contributed by atoms with E-state index >= 15 is 0 Å². The van der Waals surface area contributed by atoms with Crippen molar-refractivity contribution >= 4 is 44.8 Å². The van der Waals surface area contributed by atoms with Crippen LogP contribution in [0.15, 0.2) is 18.6 Å². The van der Waals surface area contributed by atoms with E-state index in [1.807, 2.05) is 0 Å². The molecule has 2 atom stereocenters. The summed E-state index contributed by atoms with van der Waals surface area (Å²) >= 11 is 2.85. The van der Waals surface area contributed by atoms with Crippen LogP contribution >= 0.6 is 22.7 Å². The third-order valence-corrected chi connectivity index (χ3v) is 6.64. The van der Waals surface area contributed by atoms with Crippen LogP contribution in [0.3, 0.4) is 0 Å². The Hall–Kier alpha value is -2.86. The monoisotopic (exact) mass is 444 g/mol. The Kier molecular flexibility index (Phi) is 6.33. The fourth-order valence-electron chi connectivity index (χ4n) is 3.47. The van der Waals surface area contributed by atoms with Gasteiger partial charge in [-0.15, -0.1) is 20.4 Å². The lowest BCUT2D eigenvalue weighted by molar-refractivity contribution is -0.116. The standard InChI is InChI=1S/C18H20N8O2S2/c1-10(27)21-17-25-23-15(29-17)7-11-2-3-12(6-11)16-24-26-18(30-16)22-14(28)8-13-4-5-19-9-20-13/h4-5,9,11-12H,2-3,6-8H2,1H3,(H,21,25,27)(H,22,26,28)/t11-,12?/m0/s1. The van der Waals surface area contributed by atoms with Crippen molar-refractivity contribution in [2.75, 3.05) is 10.6 Å². The van der Waals surface area contributed by atoms with Gasteiger partial charge in [0.2, 0.25) is 22.1 Å². The van der Waals surface area contributed by atoms with Crippen molar-refractivity contribution in [2.24, 2.45) is 5.92 Å². The van der Waals surface area contributed by atoms with Crippen LogP contribution in [0.5, 0.6) is 0 Å². The summed E-state index contributed by atoms with van der Waals surface area (Å²) in [6.07, 6.45) is 7.15. The van der Waals surface area contributed by atoms with Gasteiger partial charge in [-0.25, -0.2) is 9.97 Å². The Balaban J connectivity index is 1.28. The van der Waals surface area contributed by atoms with Crippen LogP contribution < -0.4 is 10.6 Å². The van der Waals surface area contributed by atoms with Crippen LogP contribution in [0.1, 0.15) is 47.8 Å². The molecule has 1 aliphatic rings. The maximum Gasteiger partial charge on any atom is 0.232 e. The fraction of sp³-hybridized carbons (Fsp3) is 0.444. The SMILES string of the molecule is CC(=O)Nc1nnc(C[C@H]2CCC(c3nnc(NC(=O)Cc4ccncn4)s3)C2)s1. The summed E-state index contributed by atoms with van der Waals surface area (Å²) < 4.78 is 0. The van der Waals surface area contributed by atoms with Gasteiger partial charge < -0.3 is 10.6 Å². The Morgan fingerprint density at radius 1 is 1.10 bits per heavy atom. The van der Waals surface area contributed by atoms with Gasteiger partial charge in [0.1, 0.15) is 16.3 Å². The minimum Gasteiger partial charge on any atom is -0.301 e. The Morgan fingerprint density at radius 2 is 1.93 bits per heavy atom. The lowest BCUT2D eigenvalue weighted by atomic mass is 10.0. The van der Waals surface area contributed by atoms with E-state index in [9.17, 15) is 9.59 Å². The lowest BCUT2D eigenvalue weighted by Crippen LogP contribution is -2.15. The highest BCUT2D eigenvalue weighted by atomic mass is 32.1. The van der Waals surface area contributed by atoms with Crippen molar-refractivity contribution in [3.05, 3.63) is 34.3 Å². The Bertz CT molecular complexity index is 1020. The molecule has 156 valence electrons. The second-order valence-corrected chi connectivity index (χ2v) is 9.20. The topological polar surface area (TPSA) is 136 Å². The number of hydrogen-bond acceptors (Lipinski definition) is 10. The van der Waals surface area contributed by atoms with Gasteiger partial charge in [0, 0.05) is 25.5 Å². The molecule has 1 aliphatic carbocycles. The number of nitrogens with one attached hydrogen (secondary N) is 2. The fourth-order valence-corrected chi connectivity index (χ4v) is 5.28. The third-order valence-electron chi connectivity index (χ3n) is 4.78. The number of rotatable bonds is 7. The van der Waals surface area contributed by atoms with Gasteiger partial charge in [0.05, 0.1) is 12.1 Å². The average molecular weight is 445 g/mol. The molecule has 0 radical (unpaired) electrons. The highest BCUT2D eigenvalue weighted by Gasteiger charge is 2.29. The van der Waals surface area contributed by atoms with Crippen molar-refractivity contribution < 1.29 is 9.59 Å². The van der Waals surface area contributed by atoms with Crippen LogP contribution in [0.25, 0.3) is 0 Å². The number of carbonyl (C=O) groups is 2. The first kappa shape index (κ1) is 20.4. The second kappa shape index (κ2) is 9.30. The molecule has 12 heteroatoms. The quantitative estimate of drug-likeness (QED) is 0.567. The Morgan fingerprint density at radius 3 is 2.73 bits per heavy atom. The molecule has 3 aromatic heterocycles. The zero-order chi connectivity index (χ0) is 20.9. The van der Waals surface area contributed by atoms with Crippen LogP contribution in [-0.2, 0) is 22.4 Å². The molecule has 0 aromatic carbocycles. The normalized spacial score (nSPS) is 18.3. The van der Waals surface area contributed by atoms with Gasteiger partial charge in [0.25, 0.3) is 0 Å². The van der Waals surface area contributed by atoms with Gasteiger partial charge >= 0.3 is 0 Å². The summed E-state index contributed by atoms with van der Waals surface area (Å²) in [6, 6.07) is 1.71. The number of hydrogen-bond donors (Lipinski definition) is 2. The molecule has 2 amide bonds. The van der Waals surface area contributed by atoms with Crippen LogP contribution in [0.4, 0.5) is 10.3 Å². The largest absolute Gasteiger partial charge is 0.301 e. The molecule has 2 N–H and O–H groups in total. The number of anilines is 2. The molecule has 30 heavy (non-hydrogen) atoms. The molecule has 0 aliphatic heterocycles. The molecular formula is C18H20N8O2S2. The Labute approximate surface area is 180 Å². The van der Waals surface area contributed by atoms with Crippen molar-refractivity contribution in [3.8, 4) is 0 Å². The third kappa shape index (κ3) is 5.39. The minimum atomic E-state index is -0.174. The molecule has 1 fully saturated rings. The summed E-state index contributed by atoms with van der Waals surface area (Å²) in [5.74, 6) is 0.511. The van der Waals surface area contributed by atoms with Crippen molar-refractivity contribution in [1.29, 1.82) is 0 Å². The average Bonchev–Trinajstić information content (AvgIpc) is 3.44. The number of carbonyl (C=O) groups excluding carboxylic acids is 2. The minimum absolute atomic E-state index is 0.144. The van der Waals surface area contributed by atoms with E-state index in [0.717, 1.165) is 35.7 Å². The summed E-state index contributed by atoms with van der Waals surface area (Å²) in [5, 5.41) is 25.0. The molecule has 1 unspecified atom stereocenters. The molecule has 0 saturated heterocycles. The second-order valence-electron chi connectivity index (χ2n) is 7.13. The van der Waals surface area contributed by atoms with E-state index in [2.05, 4.69) is 41.0 Å². The van der Waals surface area contributed by atoms with Crippen molar-refractivity contribution in [1.82, 2.24) is 30.4 Å². The predicted octanol–water partition coefficient (Wildman–Crippen LogP) is 2.45. The van der Waals surface area contributed by atoms with E-state index in [-0.39, 0.29) is 18.2 Å². The molecule has 4 rings (SSSR count). The molecule has 10 nitrogen and oxygen atoms in total. The highest BCUT2D eigenvalue weighted by Crippen LogP contribution is 2.41. The zero-order valence-corrected chi connectivity index (χ0v) is 17.9. The maximum absolute atomic E-state index is 12.2. The van der Waals surface area contributed by atoms with Gasteiger partial charge in [-0.2, -0.15) is 0 Å². The molecule has 1 saturated carbocycles. The first-order valence-electron chi connectivity index (χ1n) is 9.53. The van der Waals surface area contributed by atoms with Crippen molar-refractivity contribution in [2.45, 2.75) is 44.9 Å². The maximum atomic E-state index is 12.2. The van der Waals surface area contributed by atoms with Crippen LogP contribution in [0.2, 0.25) is 0 Å². The van der Waals surface area contributed by atoms with E-state index in [0.29, 0.717) is 27.8 Å². The van der Waals surface area contributed by atoms with Gasteiger partial charge in [-0.3, -0.25) is 9.59 Å². The smallest absolute Gasteiger partial charge is 0.232 e. The number of amides is 2. The van der Waals surface area contributed by atoms with E-state index in [1.165, 1.54) is 35.9 Å². The van der Waals surface area contributed by atoms with Gasteiger partial charge in [0.15, 0.2) is 0 Å². The zero-order valence-electron chi connectivity index (χ0n) is 16.2. The van der Waals surface area contributed by atoms with Gasteiger partial charge in [-0.05, 0) is 31.2 Å². The summed E-state index contributed by atoms with van der Waals surface area (Å²) in [6.45, 7) is 1.46. The molecule has 0 spiro atoms. The highest BCUT2D eigenvalue weighted by molar-refractivity contribution is 7.15.